The lowest BCUT2D eigenvalue weighted by Crippen LogP contribution is -2.39. The number of aromatic amines is 1. The number of rotatable bonds is 5. The largest absolute Gasteiger partial charge is 0.435 e. The molecule has 0 bridgehead atoms. The number of aryl methyl sites for hydroxylation is 1. The van der Waals surface area contributed by atoms with Crippen LogP contribution in [0.1, 0.15) is 23.4 Å². The van der Waals surface area contributed by atoms with Gasteiger partial charge in [-0.3, -0.25) is 4.79 Å². The molecule has 1 aliphatic rings. The molecule has 3 rings (SSSR count). The Kier molecular flexibility index (Phi) is 4.55. The van der Waals surface area contributed by atoms with Gasteiger partial charge >= 0.3 is 6.61 Å². The van der Waals surface area contributed by atoms with Crippen molar-refractivity contribution < 1.29 is 18.3 Å². The zero-order chi connectivity index (χ0) is 16.2. The second kappa shape index (κ2) is 6.76. The van der Waals surface area contributed by atoms with Gasteiger partial charge in [0.05, 0.1) is 18.4 Å². The molecule has 2 N–H and O–H groups in total. The predicted molar refractivity (Wildman–Crippen MR) is 79.3 cm³/mol. The monoisotopic (exact) mass is 321 g/mol. The van der Waals surface area contributed by atoms with Crippen molar-refractivity contribution in [3.63, 3.8) is 0 Å². The number of hydrogen-bond donors (Lipinski definition) is 2. The maximum Gasteiger partial charge on any atom is 0.387 e. The number of carbonyl (C=O) groups is 1. The predicted octanol–water partition coefficient (Wildman–Crippen LogP) is 2.23. The number of amides is 1. The fourth-order valence-corrected chi connectivity index (χ4v) is 2.78. The Labute approximate surface area is 132 Å². The summed E-state index contributed by atoms with van der Waals surface area (Å²) < 4.78 is 28.4. The quantitative estimate of drug-likeness (QED) is 0.887. The number of imidazole rings is 1. The molecule has 0 aliphatic heterocycles. The van der Waals surface area contributed by atoms with Gasteiger partial charge in [0, 0.05) is 18.2 Å². The van der Waals surface area contributed by atoms with Crippen molar-refractivity contribution in [2.75, 3.05) is 0 Å². The minimum Gasteiger partial charge on any atom is -0.435 e. The van der Waals surface area contributed by atoms with Gasteiger partial charge in [0.2, 0.25) is 5.91 Å². The Morgan fingerprint density at radius 1 is 1.39 bits per heavy atom. The number of nitrogens with zero attached hydrogens (tertiary/aromatic N) is 1. The molecule has 1 heterocycles. The molecule has 2 aromatic rings. The summed E-state index contributed by atoms with van der Waals surface area (Å²) in [6.07, 6.45) is 4.36. The average Bonchev–Trinajstić information content (AvgIpc) is 2.96. The van der Waals surface area contributed by atoms with Gasteiger partial charge in [-0.1, -0.05) is 12.1 Å². The van der Waals surface area contributed by atoms with Crippen molar-refractivity contribution in [1.29, 1.82) is 0 Å². The Morgan fingerprint density at radius 2 is 2.17 bits per heavy atom. The maximum atomic E-state index is 12.1. The number of ether oxygens (including phenoxy) is 1. The molecule has 5 nitrogen and oxygen atoms in total. The van der Waals surface area contributed by atoms with Crippen molar-refractivity contribution >= 4 is 5.91 Å². The summed E-state index contributed by atoms with van der Waals surface area (Å²) in [4.78, 5) is 19.4. The highest BCUT2D eigenvalue weighted by molar-refractivity contribution is 5.79. The summed E-state index contributed by atoms with van der Waals surface area (Å²) in [7, 11) is 0. The maximum absolute atomic E-state index is 12.1. The van der Waals surface area contributed by atoms with Crippen molar-refractivity contribution in [3.05, 3.63) is 47.5 Å². The standard InChI is InChI=1S/C16H17F2N3O2/c17-16(18)23-12-4-1-10(2-5-12)7-15(22)21-11-3-6-13-14(8-11)20-9-19-13/h1-2,4-5,9,11,16H,3,6-8H2,(H,19,20)(H,21,22)/t11-/m1/s1. The first kappa shape index (κ1) is 15.5. The summed E-state index contributed by atoms with van der Waals surface area (Å²) in [6, 6.07) is 6.20. The van der Waals surface area contributed by atoms with Crippen molar-refractivity contribution in [3.8, 4) is 5.75 Å². The molecule has 0 spiro atoms. The highest BCUT2D eigenvalue weighted by Crippen LogP contribution is 2.18. The lowest BCUT2D eigenvalue weighted by Gasteiger charge is -2.22. The first-order valence-corrected chi connectivity index (χ1v) is 7.44. The summed E-state index contributed by atoms with van der Waals surface area (Å²) in [5.74, 6) is 0.00343. The number of alkyl halides is 2. The van der Waals surface area contributed by atoms with E-state index in [4.69, 9.17) is 0 Å². The van der Waals surface area contributed by atoms with E-state index in [2.05, 4.69) is 20.0 Å². The molecular weight excluding hydrogens is 304 g/mol. The molecule has 0 saturated heterocycles. The van der Waals surface area contributed by atoms with E-state index in [1.807, 2.05) is 0 Å². The summed E-state index contributed by atoms with van der Waals surface area (Å²) in [5, 5.41) is 3.01. The van der Waals surface area contributed by atoms with E-state index in [0.29, 0.717) is 0 Å². The molecule has 23 heavy (non-hydrogen) atoms. The molecule has 1 amide bonds. The molecule has 0 radical (unpaired) electrons. The van der Waals surface area contributed by atoms with E-state index in [-0.39, 0.29) is 24.1 Å². The fourth-order valence-electron chi connectivity index (χ4n) is 2.78. The molecule has 122 valence electrons. The van der Waals surface area contributed by atoms with Crippen molar-refractivity contribution in [2.24, 2.45) is 0 Å². The zero-order valence-electron chi connectivity index (χ0n) is 12.4. The first-order chi connectivity index (χ1) is 11.1. The van der Waals surface area contributed by atoms with Crippen molar-refractivity contribution in [1.82, 2.24) is 15.3 Å². The van der Waals surface area contributed by atoms with Gasteiger partial charge in [-0.25, -0.2) is 4.98 Å². The third kappa shape index (κ3) is 4.06. The third-order valence-corrected chi connectivity index (χ3v) is 3.87. The van der Waals surface area contributed by atoms with Crippen LogP contribution in [0.3, 0.4) is 0 Å². The van der Waals surface area contributed by atoms with E-state index in [9.17, 15) is 13.6 Å². The van der Waals surface area contributed by atoms with E-state index in [1.165, 1.54) is 12.1 Å². The Bertz CT molecular complexity index is 670. The van der Waals surface area contributed by atoms with E-state index < -0.39 is 6.61 Å². The number of carbonyl (C=O) groups excluding carboxylic acids is 1. The SMILES string of the molecule is O=C(Cc1ccc(OC(F)F)cc1)N[C@@H]1CCc2nc[nH]c2C1. The number of H-pyrrole nitrogens is 1. The van der Waals surface area contributed by atoms with Gasteiger partial charge in [0.15, 0.2) is 0 Å². The summed E-state index contributed by atoms with van der Waals surface area (Å²) in [6.45, 7) is -2.84. The van der Waals surface area contributed by atoms with Gasteiger partial charge in [0.25, 0.3) is 0 Å². The smallest absolute Gasteiger partial charge is 0.387 e. The van der Waals surface area contributed by atoms with Crippen LogP contribution in [0.15, 0.2) is 30.6 Å². The molecule has 0 unspecified atom stereocenters. The minimum absolute atomic E-state index is 0.0829. The van der Waals surface area contributed by atoms with Gasteiger partial charge in [-0.05, 0) is 30.5 Å². The zero-order valence-corrected chi connectivity index (χ0v) is 12.4. The van der Waals surface area contributed by atoms with Gasteiger partial charge < -0.3 is 15.0 Å². The van der Waals surface area contributed by atoms with Crippen molar-refractivity contribution in [2.45, 2.75) is 38.3 Å². The number of nitrogens with one attached hydrogen (secondary N) is 2. The van der Waals surface area contributed by atoms with Crippen LogP contribution in [0.5, 0.6) is 5.75 Å². The number of fused-ring (bicyclic) bond motifs is 1. The molecule has 7 heteroatoms. The summed E-state index contributed by atoms with van der Waals surface area (Å²) >= 11 is 0. The van der Waals surface area contributed by atoms with Gasteiger partial charge in [0.1, 0.15) is 5.75 Å². The molecule has 1 aromatic carbocycles. The van der Waals surface area contributed by atoms with Crippen LogP contribution in [-0.2, 0) is 24.1 Å². The van der Waals surface area contributed by atoms with E-state index in [0.717, 1.165) is 36.2 Å². The van der Waals surface area contributed by atoms with Crippen LogP contribution in [-0.4, -0.2) is 28.5 Å². The number of aromatic nitrogens is 2. The Hall–Kier alpha value is -2.44. The van der Waals surface area contributed by atoms with Crippen LogP contribution in [0.4, 0.5) is 8.78 Å². The fraction of sp³-hybridized carbons (Fsp3) is 0.375. The van der Waals surface area contributed by atoms with Crippen LogP contribution in [0.2, 0.25) is 0 Å². The lowest BCUT2D eigenvalue weighted by molar-refractivity contribution is -0.121. The van der Waals surface area contributed by atoms with E-state index >= 15 is 0 Å². The Morgan fingerprint density at radius 3 is 2.91 bits per heavy atom. The Balaban J connectivity index is 1.51. The topological polar surface area (TPSA) is 67.0 Å². The number of benzene rings is 1. The van der Waals surface area contributed by atoms with Crippen LogP contribution in [0, 0.1) is 0 Å². The average molecular weight is 321 g/mol. The second-order valence-electron chi connectivity index (χ2n) is 5.53. The third-order valence-electron chi connectivity index (χ3n) is 3.87. The normalized spacial score (nSPS) is 16.9. The van der Waals surface area contributed by atoms with E-state index in [1.54, 1.807) is 18.5 Å². The van der Waals surface area contributed by atoms with Crippen LogP contribution >= 0.6 is 0 Å². The molecule has 0 saturated carbocycles. The molecule has 1 atom stereocenters. The molecule has 0 fully saturated rings. The highest BCUT2D eigenvalue weighted by atomic mass is 19.3. The van der Waals surface area contributed by atoms with Gasteiger partial charge in [-0.15, -0.1) is 0 Å². The number of halogens is 2. The molecular formula is C16H17F2N3O2. The second-order valence-corrected chi connectivity index (χ2v) is 5.53. The molecule has 1 aliphatic carbocycles. The van der Waals surface area contributed by atoms with Crippen LogP contribution in [0.25, 0.3) is 0 Å². The lowest BCUT2D eigenvalue weighted by atomic mass is 9.96. The molecule has 1 aromatic heterocycles. The summed E-state index contributed by atoms with van der Waals surface area (Å²) in [5.41, 5.74) is 2.90. The first-order valence-electron chi connectivity index (χ1n) is 7.44. The number of hydrogen-bond acceptors (Lipinski definition) is 3. The van der Waals surface area contributed by atoms with Crippen LogP contribution < -0.4 is 10.1 Å². The minimum atomic E-state index is -2.84. The van der Waals surface area contributed by atoms with Gasteiger partial charge in [-0.2, -0.15) is 8.78 Å². The highest BCUT2D eigenvalue weighted by Gasteiger charge is 2.21.